The van der Waals surface area contributed by atoms with E-state index >= 15 is 0 Å². The summed E-state index contributed by atoms with van der Waals surface area (Å²) in [5.74, 6) is 0.661. The molecule has 0 saturated carbocycles. The van der Waals surface area contributed by atoms with Crippen molar-refractivity contribution in [3.05, 3.63) is 40.4 Å². The fourth-order valence-corrected chi connectivity index (χ4v) is 3.05. The third kappa shape index (κ3) is 4.18. The van der Waals surface area contributed by atoms with Crippen molar-refractivity contribution in [1.82, 2.24) is 9.88 Å². The molecule has 7 heteroatoms. The Hall–Kier alpha value is -2.25. The summed E-state index contributed by atoms with van der Waals surface area (Å²) in [7, 11) is 0. The molecular weight excluding hydrogens is 308 g/mol. The molecule has 1 aromatic heterocycles. The van der Waals surface area contributed by atoms with E-state index in [1.165, 1.54) is 31.4 Å². The number of rotatable bonds is 6. The van der Waals surface area contributed by atoms with Crippen molar-refractivity contribution in [2.24, 2.45) is 0 Å². The van der Waals surface area contributed by atoms with E-state index in [2.05, 4.69) is 15.2 Å². The van der Waals surface area contributed by atoms with Crippen LogP contribution in [-0.2, 0) is 0 Å². The Morgan fingerprint density at radius 3 is 2.79 bits per heavy atom. The second-order valence-corrected chi connectivity index (χ2v) is 6.23. The molecule has 1 aliphatic rings. The first kappa shape index (κ1) is 16.6. The van der Waals surface area contributed by atoms with E-state index in [4.69, 9.17) is 0 Å². The number of likely N-dealkylation sites (tertiary alicyclic amines) is 1. The molecule has 2 aromatic rings. The van der Waals surface area contributed by atoms with Crippen molar-refractivity contribution < 1.29 is 10.0 Å². The van der Waals surface area contributed by atoms with Crippen LogP contribution in [0.5, 0.6) is 0 Å². The highest BCUT2D eigenvalue weighted by molar-refractivity contribution is 5.82. The summed E-state index contributed by atoms with van der Waals surface area (Å²) in [6.07, 6.45) is 3.25. The number of anilines is 1. The first-order valence-electron chi connectivity index (χ1n) is 8.31. The summed E-state index contributed by atoms with van der Waals surface area (Å²) in [6.45, 7) is 3.23. The second kappa shape index (κ2) is 7.55. The fraction of sp³-hybridized carbons (Fsp3) is 0.471. The number of hydrogen-bond acceptors (Lipinski definition) is 6. The topological polar surface area (TPSA) is 91.5 Å². The highest BCUT2D eigenvalue weighted by atomic mass is 16.6. The zero-order valence-corrected chi connectivity index (χ0v) is 13.5. The molecule has 1 aromatic carbocycles. The number of aromatic nitrogens is 1. The number of hydrogen-bond donors (Lipinski definition) is 2. The van der Waals surface area contributed by atoms with E-state index in [1.807, 2.05) is 0 Å². The predicted octanol–water partition coefficient (Wildman–Crippen LogP) is 2.40. The third-order valence-electron chi connectivity index (χ3n) is 4.32. The van der Waals surface area contributed by atoms with Crippen LogP contribution in [-0.4, -0.2) is 52.2 Å². The van der Waals surface area contributed by atoms with Gasteiger partial charge in [-0.2, -0.15) is 0 Å². The number of pyridine rings is 1. The minimum Gasteiger partial charge on any atom is -0.390 e. The van der Waals surface area contributed by atoms with Crippen LogP contribution in [0.1, 0.15) is 19.3 Å². The number of non-ortho nitro benzene ring substituents is 1. The molecule has 1 saturated heterocycles. The Morgan fingerprint density at radius 2 is 2.04 bits per heavy atom. The van der Waals surface area contributed by atoms with Crippen LogP contribution in [0.15, 0.2) is 30.3 Å². The molecule has 0 aliphatic carbocycles. The molecule has 1 atom stereocenters. The molecule has 128 valence electrons. The van der Waals surface area contributed by atoms with Gasteiger partial charge in [0.15, 0.2) is 0 Å². The van der Waals surface area contributed by atoms with Crippen LogP contribution >= 0.6 is 0 Å². The van der Waals surface area contributed by atoms with Gasteiger partial charge in [0.25, 0.3) is 5.69 Å². The van der Waals surface area contributed by atoms with Crippen LogP contribution in [0.25, 0.3) is 10.9 Å². The molecule has 7 nitrogen and oxygen atoms in total. The lowest BCUT2D eigenvalue weighted by Crippen LogP contribution is -2.39. The smallest absolute Gasteiger partial charge is 0.270 e. The van der Waals surface area contributed by atoms with Gasteiger partial charge in [0.2, 0.25) is 0 Å². The lowest BCUT2D eigenvalue weighted by molar-refractivity contribution is -0.384. The number of nitrogens with zero attached hydrogens (tertiary/aromatic N) is 3. The summed E-state index contributed by atoms with van der Waals surface area (Å²) in [4.78, 5) is 17.1. The molecule has 1 fully saturated rings. The molecular formula is C17H22N4O3. The SMILES string of the molecule is O=[N+]([O-])c1ccc2nc(NC[C@H](O)CN3CCCCC3)ccc2c1. The van der Waals surface area contributed by atoms with Gasteiger partial charge >= 0.3 is 0 Å². The predicted molar refractivity (Wildman–Crippen MR) is 93.2 cm³/mol. The summed E-state index contributed by atoms with van der Waals surface area (Å²) in [6, 6.07) is 8.18. The molecule has 2 N–H and O–H groups in total. The number of nitrogens with one attached hydrogen (secondary N) is 1. The first-order chi connectivity index (χ1) is 11.6. The van der Waals surface area contributed by atoms with Gasteiger partial charge in [-0.05, 0) is 44.1 Å². The van der Waals surface area contributed by atoms with Crippen molar-refractivity contribution in [2.75, 3.05) is 31.5 Å². The monoisotopic (exact) mass is 330 g/mol. The van der Waals surface area contributed by atoms with Gasteiger partial charge < -0.3 is 15.3 Å². The highest BCUT2D eigenvalue weighted by Crippen LogP contribution is 2.21. The van der Waals surface area contributed by atoms with Crippen molar-refractivity contribution in [3.8, 4) is 0 Å². The van der Waals surface area contributed by atoms with E-state index in [9.17, 15) is 15.2 Å². The number of aliphatic hydroxyl groups is 1. The fourth-order valence-electron chi connectivity index (χ4n) is 3.05. The number of nitro groups is 1. The summed E-state index contributed by atoms with van der Waals surface area (Å²) >= 11 is 0. The standard InChI is InChI=1S/C17H22N4O3/c22-15(12-20-8-2-1-3-9-20)11-18-17-7-4-13-10-14(21(23)24)5-6-16(13)19-17/h4-7,10,15,22H,1-3,8-9,11-12H2,(H,18,19)/t15-/m0/s1. The van der Waals surface area contributed by atoms with Gasteiger partial charge in [-0.3, -0.25) is 10.1 Å². The average molecular weight is 330 g/mol. The highest BCUT2D eigenvalue weighted by Gasteiger charge is 2.14. The number of aliphatic hydroxyl groups excluding tert-OH is 1. The largest absolute Gasteiger partial charge is 0.390 e. The average Bonchev–Trinajstić information content (AvgIpc) is 2.60. The maximum Gasteiger partial charge on any atom is 0.270 e. The number of fused-ring (bicyclic) bond motifs is 1. The van der Waals surface area contributed by atoms with Gasteiger partial charge in [-0.1, -0.05) is 6.42 Å². The molecule has 24 heavy (non-hydrogen) atoms. The minimum atomic E-state index is -0.447. The van der Waals surface area contributed by atoms with Crippen LogP contribution in [0.4, 0.5) is 11.5 Å². The third-order valence-corrected chi connectivity index (χ3v) is 4.32. The molecule has 0 amide bonds. The minimum absolute atomic E-state index is 0.0574. The van der Waals surface area contributed by atoms with Gasteiger partial charge in [-0.25, -0.2) is 4.98 Å². The van der Waals surface area contributed by atoms with Crippen LogP contribution in [0.2, 0.25) is 0 Å². The van der Waals surface area contributed by atoms with Crippen LogP contribution < -0.4 is 5.32 Å². The molecule has 0 bridgehead atoms. The van der Waals surface area contributed by atoms with Crippen molar-refractivity contribution in [2.45, 2.75) is 25.4 Å². The Bertz CT molecular complexity index is 716. The normalized spacial score (nSPS) is 16.9. The zero-order chi connectivity index (χ0) is 16.9. The van der Waals surface area contributed by atoms with E-state index < -0.39 is 11.0 Å². The van der Waals surface area contributed by atoms with Gasteiger partial charge in [-0.15, -0.1) is 0 Å². The Balaban J connectivity index is 1.58. The first-order valence-corrected chi connectivity index (χ1v) is 8.31. The van der Waals surface area contributed by atoms with Gasteiger partial charge in [0, 0.05) is 30.6 Å². The number of nitro benzene ring substituents is 1. The zero-order valence-electron chi connectivity index (χ0n) is 13.5. The lowest BCUT2D eigenvalue weighted by Gasteiger charge is -2.28. The number of β-amino-alcohol motifs (C(OH)–C–C–N with tert-alkyl or cyclic N) is 1. The Labute approximate surface area is 140 Å². The van der Waals surface area contributed by atoms with Crippen LogP contribution in [0, 0.1) is 10.1 Å². The lowest BCUT2D eigenvalue weighted by atomic mass is 10.1. The Morgan fingerprint density at radius 1 is 1.25 bits per heavy atom. The molecule has 3 rings (SSSR count). The van der Waals surface area contributed by atoms with Gasteiger partial charge in [0.1, 0.15) is 5.82 Å². The Kier molecular flexibility index (Phi) is 5.22. The van der Waals surface area contributed by atoms with Crippen LogP contribution in [0.3, 0.4) is 0 Å². The quantitative estimate of drug-likeness (QED) is 0.624. The molecule has 1 aliphatic heterocycles. The summed E-state index contributed by atoms with van der Waals surface area (Å²) in [5.41, 5.74) is 0.748. The maximum absolute atomic E-state index is 10.8. The van der Waals surface area contributed by atoms with E-state index in [0.29, 0.717) is 24.4 Å². The van der Waals surface area contributed by atoms with Gasteiger partial charge in [0.05, 0.1) is 16.5 Å². The molecule has 0 radical (unpaired) electrons. The maximum atomic E-state index is 10.8. The summed E-state index contributed by atoms with van der Waals surface area (Å²) < 4.78 is 0. The van der Waals surface area contributed by atoms with E-state index in [1.54, 1.807) is 18.2 Å². The molecule has 0 unspecified atom stereocenters. The molecule has 0 spiro atoms. The summed E-state index contributed by atoms with van der Waals surface area (Å²) in [5, 5.41) is 24.8. The number of benzene rings is 1. The number of piperidine rings is 1. The molecule has 2 heterocycles. The van der Waals surface area contributed by atoms with Crippen molar-refractivity contribution in [1.29, 1.82) is 0 Å². The van der Waals surface area contributed by atoms with E-state index in [-0.39, 0.29) is 5.69 Å². The van der Waals surface area contributed by atoms with Crippen molar-refractivity contribution >= 4 is 22.4 Å². The second-order valence-electron chi connectivity index (χ2n) is 6.23. The van der Waals surface area contributed by atoms with E-state index in [0.717, 1.165) is 18.5 Å². The van der Waals surface area contributed by atoms with Crippen molar-refractivity contribution in [3.63, 3.8) is 0 Å².